The monoisotopic (exact) mass is 322 g/mol. The van der Waals surface area contributed by atoms with Crippen LogP contribution in [0.25, 0.3) is 0 Å². The molecule has 0 aliphatic carbocycles. The molecule has 1 aromatic rings. The lowest BCUT2D eigenvalue weighted by atomic mass is 10.1. The molecular weight excluding hydrogens is 299 g/mol. The molecule has 1 N–H and O–H groups in total. The summed E-state index contributed by atoms with van der Waals surface area (Å²) in [6.07, 6.45) is 1.01. The van der Waals surface area contributed by atoms with E-state index in [0.29, 0.717) is 26.1 Å². The maximum atomic E-state index is 12.9. The lowest BCUT2D eigenvalue weighted by molar-refractivity contribution is -0.122. The zero-order chi connectivity index (χ0) is 16.1. The minimum atomic E-state index is -0.255. The maximum Gasteiger partial charge on any atom is 0.220 e. The quantitative estimate of drug-likeness (QED) is 0.878. The number of morpholine rings is 1. The van der Waals surface area contributed by atoms with E-state index in [1.165, 1.54) is 12.1 Å². The van der Waals surface area contributed by atoms with Gasteiger partial charge < -0.3 is 14.8 Å². The van der Waals surface area contributed by atoms with Crippen LogP contribution in [0.3, 0.4) is 0 Å². The molecule has 0 aromatic heterocycles. The second kappa shape index (κ2) is 7.86. The molecular formula is C17H23FN2O3. The molecule has 2 fully saturated rings. The first-order valence-electron chi connectivity index (χ1n) is 8.16. The molecule has 2 atom stereocenters. The second-order valence-electron chi connectivity index (χ2n) is 6.05. The van der Waals surface area contributed by atoms with Crippen molar-refractivity contribution < 1.29 is 18.7 Å². The van der Waals surface area contributed by atoms with Gasteiger partial charge in [0.15, 0.2) is 0 Å². The fourth-order valence-corrected chi connectivity index (χ4v) is 3.14. The number of benzene rings is 1. The first-order valence-corrected chi connectivity index (χ1v) is 8.16. The highest BCUT2D eigenvalue weighted by Crippen LogP contribution is 2.15. The Morgan fingerprint density at radius 2 is 1.91 bits per heavy atom. The van der Waals surface area contributed by atoms with Crippen molar-refractivity contribution in [3.05, 3.63) is 35.6 Å². The van der Waals surface area contributed by atoms with Gasteiger partial charge >= 0.3 is 0 Å². The maximum absolute atomic E-state index is 12.9. The van der Waals surface area contributed by atoms with E-state index < -0.39 is 0 Å². The molecule has 0 bridgehead atoms. The highest BCUT2D eigenvalue weighted by molar-refractivity contribution is 5.76. The van der Waals surface area contributed by atoms with Crippen LogP contribution in [0, 0.1) is 5.82 Å². The zero-order valence-corrected chi connectivity index (χ0v) is 13.2. The summed E-state index contributed by atoms with van der Waals surface area (Å²) in [7, 11) is 0. The Bertz CT molecular complexity index is 517. The van der Waals surface area contributed by atoms with Crippen LogP contribution in [-0.2, 0) is 20.7 Å². The lowest BCUT2D eigenvalue weighted by Crippen LogP contribution is -2.54. The van der Waals surface area contributed by atoms with Gasteiger partial charge in [-0.25, -0.2) is 4.39 Å². The van der Waals surface area contributed by atoms with E-state index in [1.807, 2.05) is 0 Å². The molecule has 5 nitrogen and oxygen atoms in total. The second-order valence-corrected chi connectivity index (χ2v) is 6.05. The topological polar surface area (TPSA) is 50.8 Å². The van der Waals surface area contributed by atoms with Gasteiger partial charge in [-0.1, -0.05) is 12.1 Å². The zero-order valence-electron chi connectivity index (χ0n) is 13.2. The summed E-state index contributed by atoms with van der Waals surface area (Å²) in [5, 5.41) is 3.09. The van der Waals surface area contributed by atoms with Crippen LogP contribution >= 0.6 is 0 Å². The number of ether oxygens (including phenoxy) is 2. The van der Waals surface area contributed by atoms with Crippen LogP contribution in [0.1, 0.15) is 12.0 Å². The van der Waals surface area contributed by atoms with Crippen molar-refractivity contribution in [3.8, 4) is 0 Å². The minimum Gasteiger partial charge on any atom is -0.379 e. The molecule has 2 aliphatic heterocycles. The van der Waals surface area contributed by atoms with Crippen molar-refractivity contribution >= 4 is 5.91 Å². The van der Waals surface area contributed by atoms with E-state index in [1.54, 1.807) is 12.1 Å². The highest BCUT2D eigenvalue weighted by Gasteiger charge is 2.34. The molecule has 126 valence electrons. The van der Waals surface area contributed by atoms with Gasteiger partial charge in [-0.2, -0.15) is 0 Å². The number of carbonyl (C=O) groups excluding carboxylic acids is 1. The molecule has 6 heteroatoms. The molecule has 0 spiro atoms. The Kier molecular flexibility index (Phi) is 5.59. The van der Waals surface area contributed by atoms with Gasteiger partial charge in [0, 0.05) is 19.5 Å². The van der Waals surface area contributed by atoms with E-state index in [2.05, 4.69) is 10.2 Å². The van der Waals surface area contributed by atoms with E-state index in [0.717, 1.165) is 31.9 Å². The summed E-state index contributed by atoms with van der Waals surface area (Å²) in [5.41, 5.74) is 0.967. The number of nitrogens with zero attached hydrogens (tertiary/aromatic N) is 1. The van der Waals surface area contributed by atoms with Crippen molar-refractivity contribution in [2.45, 2.75) is 24.9 Å². The first kappa shape index (κ1) is 16.4. The molecule has 3 rings (SSSR count). The summed E-state index contributed by atoms with van der Waals surface area (Å²) in [4.78, 5) is 14.5. The van der Waals surface area contributed by atoms with Gasteiger partial charge in [0.1, 0.15) is 5.82 Å². The Morgan fingerprint density at radius 1 is 1.17 bits per heavy atom. The largest absolute Gasteiger partial charge is 0.379 e. The summed E-state index contributed by atoms with van der Waals surface area (Å²) >= 11 is 0. The average molecular weight is 322 g/mol. The smallest absolute Gasteiger partial charge is 0.220 e. The standard InChI is InChI=1S/C17H23FN2O3/c18-14-4-1-13(2-5-14)3-6-17(21)19-15-11-23-12-16(15)20-7-9-22-10-8-20/h1-2,4-5,15-16H,3,6-12H2,(H,19,21)/t15-,16-/m1/s1. The molecule has 2 heterocycles. The third-order valence-electron chi connectivity index (χ3n) is 4.47. The third kappa shape index (κ3) is 4.50. The van der Waals surface area contributed by atoms with Crippen LogP contribution in [-0.4, -0.2) is 62.4 Å². The average Bonchev–Trinajstić information content (AvgIpc) is 3.03. The fourth-order valence-electron chi connectivity index (χ4n) is 3.14. The summed E-state index contributed by atoms with van der Waals surface area (Å²) in [6, 6.07) is 6.55. The van der Waals surface area contributed by atoms with Crippen LogP contribution in [0.5, 0.6) is 0 Å². The number of hydrogen-bond acceptors (Lipinski definition) is 4. The van der Waals surface area contributed by atoms with Gasteiger partial charge in [0.2, 0.25) is 5.91 Å². The van der Waals surface area contributed by atoms with E-state index in [4.69, 9.17) is 9.47 Å². The summed E-state index contributed by atoms with van der Waals surface area (Å²) in [5.74, 6) is -0.238. The van der Waals surface area contributed by atoms with Crippen molar-refractivity contribution in [2.75, 3.05) is 39.5 Å². The van der Waals surface area contributed by atoms with Gasteiger partial charge in [-0.05, 0) is 24.1 Å². The van der Waals surface area contributed by atoms with Gasteiger partial charge in [0.05, 0.1) is 38.5 Å². The molecule has 1 amide bonds. The number of nitrogens with one attached hydrogen (secondary N) is 1. The number of amides is 1. The van der Waals surface area contributed by atoms with Gasteiger partial charge in [0.25, 0.3) is 0 Å². The van der Waals surface area contributed by atoms with Crippen molar-refractivity contribution in [2.24, 2.45) is 0 Å². The Hall–Kier alpha value is -1.50. The number of hydrogen-bond donors (Lipinski definition) is 1. The Labute approximate surface area is 135 Å². The highest BCUT2D eigenvalue weighted by atomic mass is 19.1. The van der Waals surface area contributed by atoms with E-state index in [9.17, 15) is 9.18 Å². The normalized spacial score (nSPS) is 25.4. The SMILES string of the molecule is O=C(CCc1ccc(F)cc1)N[C@@H]1COC[C@H]1N1CCOCC1. The van der Waals surface area contributed by atoms with Crippen LogP contribution in [0.4, 0.5) is 4.39 Å². The van der Waals surface area contributed by atoms with Crippen LogP contribution in [0.2, 0.25) is 0 Å². The fraction of sp³-hybridized carbons (Fsp3) is 0.588. The summed E-state index contributed by atoms with van der Waals surface area (Å²) in [6.45, 7) is 4.46. The molecule has 0 unspecified atom stereocenters. The molecule has 1 aromatic carbocycles. The number of aryl methyl sites for hydroxylation is 1. The predicted molar refractivity (Wildman–Crippen MR) is 83.7 cm³/mol. The predicted octanol–water partition coefficient (Wildman–Crippen LogP) is 0.974. The first-order chi connectivity index (χ1) is 11.2. The van der Waals surface area contributed by atoms with Crippen molar-refractivity contribution in [1.29, 1.82) is 0 Å². The van der Waals surface area contributed by atoms with E-state index in [-0.39, 0.29) is 23.8 Å². The van der Waals surface area contributed by atoms with Crippen molar-refractivity contribution in [3.63, 3.8) is 0 Å². The number of halogens is 1. The Morgan fingerprint density at radius 3 is 2.65 bits per heavy atom. The van der Waals surface area contributed by atoms with Gasteiger partial charge in [-0.15, -0.1) is 0 Å². The molecule has 0 radical (unpaired) electrons. The number of carbonyl (C=O) groups is 1. The molecule has 23 heavy (non-hydrogen) atoms. The Balaban J connectivity index is 1.47. The van der Waals surface area contributed by atoms with Crippen LogP contribution < -0.4 is 5.32 Å². The summed E-state index contributed by atoms with van der Waals surface area (Å²) < 4.78 is 23.8. The minimum absolute atomic E-state index is 0.0167. The molecule has 2 saturated heterocycles. The lowest BCUT2D eigenvalue weighted by Gasteiger charge is -2.34. The van der Waals surface area contributed by atoms with Crippen molar-refractivity contribution in [1.82, 2.24) is 10.2 Å². The third-order valence-corrected chi connectivity index (χ3v) is 4.47. The van der Waals surface area contributed by atoms with E-state index >= 15 is 0 Å². The van der Waals surface area contributed by atoms with Crippen LogP contribution in [0.15, 0.2) is 24.3 Å². The molecule has 2 aliphatic rings. The molecule has 0 saturated carbocycles. The van der Waals surface area contributed by atoms with Gasteiger partial charge in [-0.3, -0.25) is 9.69 Å². The number of rotatable bonds is 5.